The second kappa shape index (κ2) is 18.2. The first-order valence-corrected chi connectivity index (χ1v) is 25.1. The van der Waals surface area contributed by atoms with Crippen LogP contribution in [0.5, 0.6) is 0 Å². The SMILES string of the molecule is C/C=C\CC/C=C/N(C1=Nc2cccc3c(C4=C(O)C(C5C=CC6=C7C(=CC=CC75)NC(c5ccc7c8c(cccc58)N=C(N(C5=CCCC=C5)c5ccccc5)N7)=N6)=C4OC)ccc(c23)N1)c1ccccc1. The number of unbranched alkanes of at least 4 members (excludes halogenated alkanes) is 1. The Labute approximate surface area is 424 Å². The van der Waals surface area contributed by atoms with Gasteiger partial charge in [-0.15, -0.1) is 0 Å². The normalized spacial score (nSPS) is 19.2. The van der Waals surface area contributed by atoms with Crippen LogP contribution in [0.2, 0.25) is 0 Å². The number of hydrogen-bond acceptors (Lipinski definition) is 10. The van der Waals surface area contributed by atoms with Crippen molar-refractivity contribution in [1.82, 2.24) is 5.32 Å². The lowest BCUT2D eigenvalue weighted by molar-refractivity contribution is 0.277. The number of aliphatic imine (C=N–C) groups is 3. The third-order valence-corrected chi connectivity index (χ3v) is 14.5. The van der Waals surface area contributed by atoms with Gasteiger partial charge in [0.1, 0.15) is 17.4 Å². The van der Waals surface area contributed by atoms with Crippen LogP contribution in [0.25, 0.3) is 27.1 Å². The highest BCUT2D eigenvalue weighted by Crippen LogP contribution is 2.53. The van der Waals surface area contributed by atoms with Crippen molar-refractivity contribution in [2.24, 2.45) is 26.8 Å². The van der Waals surface area contributed by atoms with Crippen LogP contribution in [-0.2, 0) is 4.74 Å². The summed E-state index contributed by atoms with van der Waals surface area (Å²) < 4.78 is 6.24. The molecule has 2 atom stereocenters. The molecule has 0 spiro atoms. The van der Waals surface area contributed by atoms with Crippen molar-refractivity contribution in [3.05, 3.63) is 245 Å². The molecular formula is C63H52N8O2. The highest BCUT2D eigenvalue weighted by Gasteiger charge is 2.43. The number of aliphatic hydroxyl groups excluding tert-OH is 1. The van der Waals surface area contributed by atoms with Crippen LogP contribution in [0.1, 0.15) is 43.7 Å². The van der Waals surface area contributed by atoms with Crippen LogP contribution in [0.3, 0.4) is 0 Å². The lowest BCUT2D eigenvalue weighted by Crippen LogP contribution is -2.37. The van der Waals surface area contributed by atoms with Gasteiger partial charge in [-0.05, 0) is 122 Å². The molecule has 13 rings (SSSR count). The van der Waals surface area contributed by atoms with Gasteiger partial charge in [0.15, 0.2) is 0 Å². The molecule has 3 heterocycles. The van der Waals surface area contributed by atoms with Crippen LogP contribution < -0.4 is 25.8 Å². The topological polar surface area (TPSA) is 109 Å². The minimum absolute atomic E-state index is 0.0883. The Morgan fingerprint density at radius 1 is 0.671 bits per heavy atom. The predicted octanol–water partition coefficient (Wildman–Crippen LogP) is 14.7. The van der Waals surface area contributed by atoms with Gasteiger partial charge in [-0.3, -0.25) is 9.80 Å². The third kappa shape index (κ3) is 7.44. The standard InChI is InChI=1S/C63H52N8O2/c1-3-4-5-6-16-38-70(39-20-10-7-11-21-39)62-66-49-30-18-27-43-46(33-36-52(67-62)55(43)49)58-59(72)57(60(58)73-2)45-32-35-51-54-42(45)26-17-29-48(54)64-61(65-51)47-34-37-53-56-44(47)28-19-31-50(56)68-63(69-53)71(40-22-12-8-13-23-40)41-24-14-9-15-25-41/h3-4,7-8,10-14,16-38,42,45,72H,5-6,9,15H2,1-2H3,(H,64,65)(H,66,67)(H,68,69)/b4-3-,38-16+. The number of para-hydroxylation sites is 2. The Balaban J connectivity index is 0.805. The second-order valence-corrected chi connectivity index (χ2v) is 18.8. The zero-order chi connectivity index (χ0) is 49.0. The molecule has 0 amide bonds. The molecule has 10 nitrogen and oxygen atoms in total. The number of hydrogen-bond donors (Lipinski definition) is 4. The van der Waals surface area contributed by atoms with E-state index in [1.165, 1.54) is 0 Å². The van der Waals surface area contributed by atoms with Crippen molar-refractivity contribution < 1.29 is 9.84 Å². The van der Waals surface area contributed by atoms with E-state index in [0.29, 0.717) is 17.3 Å². The molecule has 4 N–H and O–H groups in total. The van der Waals surface area contributed by atoms with Crippen molar-refractivity contribution in [3.8, 4) is 0 Å². The fraction of sp³-hybridized carbons (Fsp3) is 0.127. The molecule has 3 aliphatic heterocycles. The molecule has 0 aromatic heterocycles. The number of ether oxygens (including phenoxy) is 1. The molecule has 7 aliphatic rings. The summed E-state index contributed by atoms with van der Waals surface area (Å²) in [6, 6.07) is 41.6. The summed E-state index contributed by atoms with van der Waals surface area (Å²) >= 11 is 0. The third-order valence-electron chi connectivity index (χ3n) is 14.5. The van der Waals surface area contributed by atoms with Crippen LogP contribution in [-0.4, -0.2) is 30.0 Å². The Morgan fingerprint density at radius 3 is 2.08 bits per heavy atom. The minimum atomic E-state index is -0.186. The fourth-order valence-corrected chi connectivity index (χ4v) is 11.2. The number of allylic oxidation sites excluding steroid dienone is 14. The number of methoxy groups -OCH3 is 1. The summed E-state index contributed by atoms with van der Waals surface area (Å²) in [5, 5.41) is 27.4. The van der Waals surface area contributed by atoms with E-state index in [9.17, 15) is 5.11 Å². The van der Waals surface area contributed by atoms with Crippen LogP contribution in [0.4, 0.5) is 34.1 Å². The molecule has 0 saturated heterocycles. The van der Waals surface area contributed by atoms with Crippen LogP contribution in [0, 0.1) is 11.8 Å². The molecule has 10 heteroatoms. The smallest absolute Gasteiger partial charge is 0.213 e. The zero-order valence-corrected chi connectivity index (χ0v) is 40.5. The summed E-state index contributed by atoms with van der Waals surface area (Å²) in [6.07, 6.45) is 29.8. The number of aliphatic hydroxyl groups is 1. The number of nitrogens with one attached hydrogen (secondary N) is 3. The molecule has 0 radical (unpaired) electrons. The van der Waals surface area contributed by atoms with Crippen molar-refractivity contribution >= 4 is 79.0 Å². The molecule has 0 fully saturated rings. The van der Waals surface area contributed by atoms with E-state index in [2.05, 4.69) is 190 Å². The summed E-state index contributed by atoms with van der Waals surface area (Å²) in [5.41, 5.74) is 13.1. The van der Waals surface area contributed by atoms with Gasteiger partial charge in [0, 0.05) is 68.3 Å². The maximum atomic E-state index is 12.3. The van der Waals surface area contributed by atoms with E-state index < -0.39 is 0 Å². The first-order valence-electron chi connectivity index (χ1n) is 25.1. The Hall–Kier alpha value is -9.15. The molecule has 0 bridgehead atoms. The van der Waals surface area contributed by atoms with Gasteiger partial charge < -0.3 is 25.8 Å². The van der Waals surface area contributed by atoms with Gasteiger partial charge in [-0.2, -0.15) is 0 Å². The molecule has 2 unspecified atom stereocenters. The number of benzene rings is 6. The molecular weight excluding hydrogens is 901 g/mol. The monoisotopic (exact) mass is 952 g/mol. The Morgan fingerprint density at radius 2 is 1.36 bits per heavy atom. The highest BCUT2D eigenvalue weighted by molar-refractivity contribution is 6.23. The number of amidine groups is 1. The maximum absolute atomic E-state index is 12.3. The van der Waals surface area contributed by atoms with Crippen LogP contribution >= 0.6 is 0 Å². The van der Waals surface area contributed by atoms with E-state index in [-0.39, 0.29) is 17.6 Å². The maximum Gasteiger partial charge on any atom is 0.213 e. The number of nitrogens with zero attached hydrogens (tertiary/aromatic N) is 5. The Kier molecular flexibility index (Phi) is 10.9. The molecule has 6 aromatic carbocycles. The fourth-order valence-electron chi connectivity index (χ4n) is 11.2. The predicted molar refractivity (Wildman–Crippen MR) is 300 cm³/mol. The van der Waals surface area contributed by atoms with Crippen molar-refractivity contribution in [2.45, 2.75) is 32.6 Å². The first kappa shape index (κ1) is 43.8. The quantitative estimate of drug-likeness (QED) is 0.0756. The number of anilines is 4. The average molecular weight is 953 g/mol. The van der Waals surface area contributed by atoms with E-state index >= 15 is 0 Å². The molecule has 4 aliphatic carbocycles. The molecule has 6 aromatic rings. The largest absolute Gasteiger partial charge is 0.507 e. The van der Waals surface area contributed by atoms with E-state index in [1.807, 2.05) is 37.3 Å². The lowest BCUT2D eigenvalue weighted by Gasteiger charge is -2.39. The van der Waals surface area contributed by atoms with Crippen molar-refractivity contribution in [3.63, 3.8) is 0 Å². The summed E-state index contributed by atoms with van der Waals surface area (Å²) in [4.78, 5) is 20.1. The van der Waals surface area contributed by atoms with Gasteiger partial charge in [0.05, 0.1) is 41.1 Å². The number of guanidine groups is 2. The second-order valence-electron chi connectivity index (χ2n) is 18.8. The number of rotatable bonds is 11. The molecule has 356 valence electrons. The average Bonchev–Trinajstić information content (AvgIpc) is 3.43. The zero-order valence-electron chi connectivity index (χ0n) is 40.5. The first-order chi connectivity index (χ1) is 36.1. The van der Waals surface area contributed by atoms with Gasteiger partial charge in [-0.1, -0.05) is 115 Å². The van der Waals surface area contributed by atoms with Crippen LogP contribution in [0.15, 0.2) is 249 Å². The minimum Gasteiger partial charge on any atom is -0.507 e. The highest BCUT2D eigenvalue weighted by atomic mass is 16.5. The van der Waals surface area contributed by atoms with Crippen molar-refractivity contribution in [1.29, 1.82) is 0 Å². The van der Waals surface area contributed by atoms with E-state index in [4.69, 9.17) is 19.7 Å². The van der Waals surface area contributed by atoms with Gasteiger partial charge >= 0.3 is 0 Å². The lowest BCUT2D eigenvalue weighted by atomic mass is 9.69. The Bertz CT molecular complexity index is 3730. The van der Waals surface area contributed by atoms with Gasteiger partial charge in [0.25, 0.3) is 0 Å². The van der Waals surface area contributed by atoms with Gasteiger partial charge in [-0.25, -0.2) is 15.0 Å². The molecule has 0 saturated carbocycles. The van der Waals surface area contributed by atoms with E-state index in [1.54, 1.807) is 7.11 Å². The molecule has 73 heavy (non-hydrogen) atoms. The summed E-state index contributed by atoms with van der Waals surface area (Å²) in [6.45, 7) is 2.05. The summed E-state index contributed by atoms with van der Waals surface area (Å²) in [7, 11) is 1.69. The van der Waals surface area contributed by atoms with Gasteiger partial charge in [0.2, 0.25) is 11.9 Å². The van der Waals surface area contributed by atoms with E-state index in [0.717, 1.165) is 133 Å². The van der Waals surface area contributed by atoms with Crippen molar-refractivity contribution in [2.75, 3.05) is 27.5 Å². The summed E-state index contributed by atoms with van der Waals surface area (Å²) in [5.74, 6) is 2.89.